The van der Waals surface area contributed by atoms with Crippen molar-refractivity contribution < 1.29 is 77.2 Å². The van der Waals surface area contributed by atoms with Crippen molar-refractivity contribution in [3.8, 4) is 0 Å². The Hall–Kier alpha value is -4.14. The Morgan fingerprint density at radius 2 is 1.62 bits per heavy atom. The fourth-order valence-electron chi connectivity index (χ4n) is 10.8. The van der Waals surface area contributed by atoms with E-state index >= 15 is 0 Å². The zero-order chi connectivity index (χ0) is 54.7. The molecule has 0 aromatic rings. The number of methoxy groups -OCH3 is 2. The number of ether oxygens (including phenoxy) is 7. The number of amides is 2. The summed E-state index contributed by atoms with van der Waals surface area (Å²) < 4.78 is 41.2. The monoisotopic (exact) mass is 1040 g/mol. The zero-order valence-electron chi connectivity index (χ0n) is 45.7. The Morgan fingerprint density at radius 1 is 0.878 bits per heavy atom. The van der Waals surface area contributed by atoms with Gasteiger partial charge in [-0.2, -0.15) is 0 Å². The molecule has 0 aromatic carbocycles. The molecular formula is C56H88N2O16. The van der Waals surface area contributed by atoms with E-state index in [4.69, 9.17) is 33.2 Å². The highest BCUT2D eigenvalue weighted by atomic mass is 16.6. The summed E-state index contributed by atoms with van der Waals surface area (Å²) in [5.41, 5.74) is 1.13. The molecule has 1 saturated carbocycles. The number of aliphatic hydroxyl groups is 3. The van der Waals surface area contributed by atoms with Gasteiger partial charge in [0.1, 0.15) is 36.7 Å². The van der Waals surface area contributed by atoms with Crippen LogP contribution in [0.25, 0.3) is 0 Å². The summed E-state index contributed by atoms with van der Waals surface area (Å²) >= 11 is 0. The topological polar surface area (TPSA) is 243 Å². The van der Waals surface area contributed by atoms with Crippen molar-refractivity contribution in [1.82, 2.24) is 10.2 Å². The van der Waals surface area contributed by atoms with Crippen molar-refractivity contribution in [1.29, 1.82) is 0 Å². The lowest BCUT2D eigenvalue weighted by molar-refractivity contribution is -0.266. The SMILES string of the molecule is CNC(=O)OCCO[C@@H]1C[C@@H]2CC[C@@H](C)[C@@](O)(O2)C(=O)C(=O)N2CCCC[C@H]2C(=O)OC([C@H](C)CC2CC[C@@H](OCCO)[C@H](OC)C2)CC(=O)[C@H](C)/C=C(\C)[C@@H](O)[C@@H](OC)C(=O)[C@H](C)C[C@H](C)/C=C/C=CC=C1C. The summed E-state index contributed by atoms with van der Waals surface area (Å²) in [6.07, 6.45) is 10.2. The van der Waals surface area contributed by atoms with Gasteiger partial charge in [0.05, 0.1) is 44.2 Å². The average molecular weight is 1050 g/mol. The third kappa shape index (κ3) is 17.7. The second-order valence-electron chi connectivity index (χ2n) is 21.2. The first-order valence-electron chi connectivity index (χ1n) is 26.8. The number of aliphatic hydroxyl groups excluding tert-OH is 2. The van der Waals surface area contributed by atoms with Gasteiger partial charge in [0.2, 0.25) is 5.79 Å². The molecule has 3 heterocycles. The van der Waals surface area contributed by atoms with E-state index in [2.05, 4.69) is 5.32 Å². The summed E-state index contributed by atoms with van der Waals surface area (Å²) in [6.45, 7) is 12.6. The second kappa shape index (κ2) is 30.6. The van der Waals surface area contributed by atoms with E-state index in [1.807, 2.05) is 51.2 Å². The molecule has 418 valence electrons. The number of hydrogen-bond donors (Lipinski definition) is 4. The molecule has 4 N–H and O–H groups in total. The van der Waals surface area contributed by atoms with Gasteiger partial charge in [-0.1, -0.05) is 71.1 Å². The van der Waals surface area contributed by atoms with Crippen LogP contribution < -0.4 is 5.32 Å². The predicted molar refractivity (Wildman–Crippen MR) is 275 cm³/mol. The molecule has 2 saturated heterocycles. The summed E-state index contributed by atoms with van der Waals surface area (Å²) in [7, 11) is 4.43. The minimum Gasteiger partial charge on any atom is -0.460 e. The smallest absolute Gasteiger partial charge is 0.406 e. The summed E-state index contributed by atoms with van der Waals surface area (Å²) in [5.74, 6) is -8.46. The number of nitrogens with one attached hydrogen (secondary N) is 1. The van der Waals surface area contributed by atoms with Gasteiger partial charge in [-0.15, -0.1) is 0 Å². The Kier molecular flexibility index (Phi) is 25.8. The average Bonchev–Trinajstić information content (AvgIpc) is 3.38. The van der Waals surface area contributed by atoms with Crippen LogP contribution in [0.4, 0.5) is 4.79 Å². The molecule has 3 fully saturated rings. The van der Waals surface area contributed by atoms with Gasteiger partial charge in [-0.05, 0) is 107 Å². The highest BCUT2D eigenvalue weighted by Gasteiger charge is 2.53. The first-order chi connectivity index (χ1) is 35.2. The highest BCUT2D eigenvalue weighted by Crippen LogP contribution is 2.38. The minimum absolute atomic E-state index is 0.0268. The third-order valence-corrected chi connectivity index (χ3v) is 15.4. The Balaban J connectivity index is 1.71. The van der Waals surface area contributed by atoms with Crippen LogP contribution in [0.1, 0.15) is 126 Å². The fourth-order valence-corrected chi connectivity index (χ4v) is 10.8. The molecule has 1 aliphatic carbocycles. The number of carbonyl (C=O) groups excluding carboxylic acids is 6. The van der Waals surface area contributed by atoms with E-state index in [1.165, 1.54) is 19.1 Å². The number of cyclic esters (lactones) is 1. The quantitative estimate of drug-likeness (QED) is 0.0767. The van der Waals surface area contributed by atoms with Crippen LogP contribution in [0.2, 0.25) is 0 Å². The van der Waals surface area contributed by atoms with Crippen LogP contribution >= 0.6 is 0 Å². The highest BCUT2D eigenvalue weighted by molar-refractivity contribution is 6.39. The summed E-state index contributed by atoms with van der Waals surface area (Å²) in [4.78, 5) is 84.4. The largest absolute Gasteiger partial charge is 0.460 e. The van der Waals surface area contributed by atoms with E-state index < -0.39 is 83.9 Å². The van der Waals surface area contributed by atoms with Gasteiger partial charge in [0.15, 0.2) is 5.78 Å². The summed E-state index contributed by atoms with van der Waals surface area (Å²) in [6, 6.07) is -1.19. The molecule has 18 nitrogen and oxygen atoms in total. The van der Waals surface area contributed by atoms with Crippen LogP contribution in [-0.4, -0.2) is 164 Å². The molecule has 2 amide bonds. The van der Waals surface area contributed by atoms with E-state index in [9.17, 15) is 44.1 Å². The molecule has 2 bridgehead atoms. The number of allylic oxidation sites excluding steroid dienone is 6. The molecule has 3 aliphatic heterocycles. The van der Waals surface area contributed by atoms with E-state index in [0.717, 1.165) is 12.0 Å². The van der Waals surface area contributed by atoms with Crippen LogP contribution in [0, 0.1) is 35.5 Å². The number of hydrogen-bond acceptors (Lipinski definition) is 16. The molecular weight excluding hydrogens is 957 g/mol. The Bertz CT molecular complexity index is 1990. The maximum Gasteiger partial charge on any atom is 0.406 e. The Labute approximate surface area is 438 Å². The number of carbonyl (C=O) groups is 6. The van der Waals surface area contributed by atoms with E-state index in [0.29, 0.717) is 56.9 Å². The zero-order valence-corrected chi connectivity index (χ0v) is 45.7. The normalized spacial score (nSPS) is 35.7. The number of ketones is 3. The number of nitrogens with zero attached hydrogens (tertiary/aromatic N) is 1. The van der Waals surface area contributed by atoms with Gasteiger partial charge < -0.3 is 58.7 Å². The van der Waals surface area contributed by atoms with Gasteiger partial charge in [0.25, 0.3) is 11.7 Å². The van der Waals surface area contributed by atoms with Crippen molar-refractivity contribution in [3.63, 3.8) is 0 Å². The van der Waals surface area contributed by atoms with Crippen molar-refractivity contribution in [2.75, 3.05) is 54.2 Å². The maximum absolute atomic E-state index is 14.6. The molecule has 2 unspecified atom stereocenters. The van der Waals surface area contributed by atoms with Gasteiger partial charge in [-0.3, -0.25) is 19.2 Å². The van der Waals surface area contributed by atoms with Gasteiger partial charge in [0, 0.05) is 58.4 Å². The van der Waals surface area contributed by atoms with Crippen molar-refractivity contribution >= 4 is 35.3 Å². The van der Waals surface area contributed by atoms with Crippen molar-refractivity contribution in [2.45, 2.75) is 180 Å². The number of fused-ring (bicyclic) bond motifs is 3. The lowest BCUT2D eigenvalue weighted by atomic mass is 9.78. The van der Waals surface area contributed by atoms with Crippen LogP contribution in [0.5, 0.6) is 0 Å². The van der Waals surface area contributed by atoms with E-state index in [-0.39, 0.29) is 93.8 Å². The summed E-state index contributed by atoms with van der Waals surface area (Å²) in [5, 5.41) is 35.4. The molecule has 74 heavy (non-hydrogen) atoms. The van der Waals surface area contributed by atoms with Crippen LogP contribution in [-0.2, 0) is 57.1 Å². The number of Topliss-reactive ketones (excluding diaryl/α,β-unsaturated/α-hetero) is 3. The predicted octanol–water partition coefficient (Wildman–Crippen LogP) is 5.92. The van der Waals surface area contributed by atoms with Crippen molar-refractivity contribution in [3.05, 3.63) is 47.6 Å². The lowest BCUT2D eigenvalue weighted by Crippen LogP contribution is -2.61. The molecule has 4 rings (SSSR count). The fraction of sp³-hybridized carbons (Fsp3) is 0.750. The molecule has 0 aromatic heterocycles. The molecule has 0 spiro atoms. The third-order valence-electron chi connectivity index (χ3n) is 15.4. The number of piperidine rings is 1. The molecule has 0 radical (unpaired) electrons. The minimum atomic E-state index is -2.52. The Morgan fingerprint density at radius 3 is 2.31 bits per heavy atom. The van der Waals surface area contributed by atoms with Gasteiger partial charge in [-0.25, -0.2) is 9.59 Å². The lowest BCUT2D eigenvalue weighted by Gasteiger charge is -2.43. The number of rotatable bonds is 12. The second-order valence-corrected chi connectivity index (χ2v) is 21.2. The number of esters is 1. The van der Waals surface area contributed by atoms with E-state index in [1.54, 1.807) is 40.9 Å². The molecule has 18 heteroatoms. The first kappa shape index (κ1) is 62.4. The number of alkyl carbamates (subject to hydrolysis) is 1. The maximum atomic E-state index is 14.6. The molecule has 15 atom stereocenters. The first-order valence-corrected chi connectivity index (χ1v) is 26.8. The molecule has 4 aliphatic rings. The van der Waals surface area contributed by atoms with Gasteiger partial charge >= 0.3 is 12.1 Å². The van der Waals surface area contributed by atoms with Crippen molar-refractivity contribution in [2.24, 2.45) is 35.5 Å². The van der Waals surface area contributed by atoms with Crippen LogP contribution in [0.15, 0.2) is 47.6 Å². The standard InChI is InChI=1S/C56H88N2O16/c1-34-16-12-11-13-17-35(2)46(71-26-27-72-55(66)57-8)32-42-21-19-40(7)56(67,74-42)52(63)53(64)58-23-15-14-18-43(58)54(65)73-47(37(4)30-41-20-22-45(70-25-24-59)48(31-41)68-9)33-44(60)36(3)29-39(6)50(62)51(69-10)49(61)38(5)28-34/h11-13,16-17,29,34,36-38,40-43,45-48,50-51,59,62,67H,14-15,18-28,30-33H2,1-10H3,(H,57,66)/b13-11?,16-12+,35-17?,39-29+/t34-,36-,37-,38-,40-,41?,42+,43+,45-,46-,47?,48-,50-,51+,56-/m1/s1. The van der Waals surface area contributed by atoms with Crippen LogP contribution in [0.3, 0.4) is 0 Å².